The highest BCUT2D eigenvalue weighted by Gasteiger charge is 2.45. The number of nitrogens with one attached hydrogen (secondary N) is 1. The van der Waals surface area contributed by atoms with Crippen LogP contribution in [0, 0.1) is 0 Å². The lowest BCUT2D eigenvalue weighted by atomic mass is 9.73. The molecule has 126 valence electrons. The molecule has 4 nitrogen and oxygen atoms in total. The zero-order valence-electron chi connectivity index (χ0n) is 13.8. The third-order valence-electron chi connectivity index (χ3n) is 5.42. The second kappa shape index (κ2) is 6.80. The van der Waals surface area contributed by atoms with E-state index in [1.165, 1.54) is 24.8 Å². The molecule has 0 bridgehead atoms. The molecule has 2 heterocycles. The Morgan fingerprint density at radius 1 is 1.26 bits per heavy atom. The molecule has 1 saturated carbocycles. The SMILES string of the molecule is c1ccc2c(c1)OC1(CCC1)C[C@@H]2NCCCO[C@H]1CCOC1. The summed E-state index contributed by atoms with van der Waals surface area (Å²) in [6, 6.07) is 8.91. The van der Waals surface area contributed by atoms with E-state index in [9.17, 15) is 0 Å². The minimum Gasteiger partial charge on any atom is -0.487 e. The molecule has 1 aliphatic carbocycles. The summed E-state index contributed by atoms with van der Waals surface area (Å²) in [5.74, 6) is 1.08. The van der Waals surface area contributed by atoms with Gasteiger partial charge in [0.2, 0.25) is 0 Å². The first kappa shape index (κ1) is 15.4. The Balaban J connectivity index is 1.29. The van der Waals surface area contributed by atoms with Crippen molar-refractivity contribution in [2.75, 3.05) is 26.4 Å². The number of fused-ring (bicyclic) bond motifs is 1. The smallest absolute Gasteiger partial charge is 0.124 e. The normalized spacial score (nSPS) is 28.2. The van der Waals surface area contributed by atoms with E-state index < -0.39 is 0 Å². The van der Waals surface area contributed by atoms with E-state index in [1.54, 1.807) is 0 Å². The van der Waals surface area contributed by atoms with Crippen LogP contribution in [-0.2, 0) is 9.47 Å². The summed E-state index contributed by atoms with van der Waals surface area (Å²) < 4.78 is 17.5. The lowest BCUT2D eigenvalue weighted by Crippen LogP contribution is -2.49. The van der Waals surface area contributed by atoms with Crippen LogP contribution < -0.4 is 10.1 Å². The summed E-state index contributed by atoms with van der Waals surface area (Å²) in [5.41, 5.74) is 1.42. The standard InChI is InChI=1S/C19H27NO3/c1-2-6-18-16(5-1)17(13-19(23-18)8-3-9-19)20-10-4-11-22-15-7-12-21-14-15/h1-2,5-6,15,17,20H,3-4,7-14H2/t15-,17-/m0/s1. The Labute approximate surface area is 138 Å². The highest BCUT2D eigenvalue weighted by molar-refractivity contribution is 5.39. The van der Waals surface area contributed by atoms with Crippen LogP contribution in [0.25, 0.3) is 0 Å². The van der Waals surface area contributed by atoms with Gasteiger partial charge in [0.05, 0.1) is 12.7 Å². The number of para-hydroxylation sites is 1. The second-order valence-electron chi connectivity index (χ2n) is 7.10. The lowest BCUT2D eigenvalue weighted by Gasteiger charge is -2.48. The van der Waals surface area contributed by atoms with Gasteiger partial charge in [-0.1, -0.05) is 18.2 Å². The van der Waals surface area contributed by atoms with Gasteiger partial charge in [-0.3, -0.25) is 0 Å². The molecule has 2 atom stereocenters. The zero-order valence-corrected chi connectivity index (χ0v) is 13.8. The Morgan fingerprint density at radius 2 is 2.17 bits per heavy atom. The summed E-state index contributed by atoms with van der Waals surface area (Å²) in [4.78, 5) is 0. The predicted molar refractivity (Wildman–Crippen MR) is 88.8 cm³/mol. The highest BCUT2D eigenvalue weighted by atomic mass is 16.5. The summed E-state index contributed by atoms with van der Waals surface area (Å²) in [6.45, 7) is 3.42. The van der Waals surface area contributed by atoms with Crippen molar-refractivity contribution in [3.05, 3.63) is 29.8 Å². The fourth-order valence-corrected chi connectivity index (χ4v) is 3.92. The van der Waals surface area contributed by atoms with Crippen molar-refractivity contribution in [3.8, 4) is 5.75 Å². The van der Waals surface area contributed by atoms with Crippen LogP contribution >= 0.6 is 0 Å². The number of hydrogen-bond acceptors (Lipinski definition) is 4. The Kier molecular flexibility index (Phi) is 4.56. The van der Waals surface area contributed by atoms with Crippen molar-refractivity contribution in [3.63, 3.8) is 0 Å². The molecule has 0 amide bonds. The molecule has 0 unspecified atom stereocenters. The van der Waals surface area contributed by atoms with E-state index >= 15 is 0 Å². The molecule has 4 rings (SSSR count). The van der Waals surface area contributed by atoms with E-state index in [0.29, 0.717) is 12.1 Å². The quantitative estimate of drug-likeness (QED) is 0.818. The second-order valence-corrected chi connectivity index (χ2v) is 7.10. The van der Waals surface area contributed by atoms with E-state index in [4.69, 9.17) is 14.2 Å². The number of rotatable bonds is 6. The van der Waals surface area contributed by atoms with Gasteiger partial charge in [-0.05, 0) is 44.7 Å². The molecule has 0 aromatic heterocycles. The maximum Gasteiger partial charge on any atom is 0.124 e. The maximum atomic E-state index is 6.30. The van der Waals surface area contributed by atoms with E-state index in [-0.39, 0.29) is 5.60 Å². The molecule has 2 aliphatic heterocycles. The summed E-state index contributed by atoms with van der Waals surface area (Å²) >= 11 is 0. The largest absolute Gasteiger partial charge is 0.487 e. The van der Waals surface area contributed by atoms with Gasteiger partial charge < -0.3 is 19.5 Å². The van der Waals surface area contributed by atoms with Gasteiger partial charge in [0.1, 0.15) is 11.4 Å². The summed E-state index contributed by atoms with van der Waals surface area (Å²) in [6.07, 6.45) is 7.20. The molecule has 0 radical (unpaired) electrons. The van der Waals surface area contributed by atoms with Crippen LogP contribution in [0.5, 0.6) is 5.75 Å². The van der Waals surface area contributed by atoms with Gasteiger partial charge in [-0.2, -0.15) is 0 Å². The number of ether oxygens (including phenoxy) is 3. The first-order valence-corrected chi connectivity index (χ1v) is 9.05. The lowest BCUT2D eigenvalue weighted by molar-refractivity contribution is -0.0371. The van der Waals surface area contributed by atoms with Crippen molar-refractivity contribution in [1.82, 2.24) is 5.32 Å². The van der Waals surface area contributed by atoms with Gasteiger partial charge >= 0.3 is 0 Å². The minimum atomic E-state index is 0.101. The van der Waals surface area contributed by atoms with Crippen molar-refractivity contribution in [2.24, 2.45) is 0 Å². The Hall–Kier alpha value is -1.10. The first-order valence-electron chi connectivity index (χ1n) is 9.05. The van der Waals surface area contributed by atoms with Gasteiger partial charge in [0.15, 0.2) is 0 Å². The molecule has 1 aromatic carbocycles. The van der Waals surface area contributed by atoms with Crippen LogP contribution in [0.3, 0.4) is 0 Å². The third-order valence-corrected chi connectivity index (χ3v) is 5.42. The molecular weight excluding hydrogens is 290 g/mol. The molecule has 1 aromatic rings. The zero-order chi connectivity index (χ0) is 15.5. The Morgan fingerprint density at radius 3 is 2.96 bits per heavy atom. The van der Waals surface area contributed by atoms with Crippen molar-refractivity contribution in [2.45, 2.75) is 56.3 Å². The average molecular weight is 317 g/mol. The van der Waals surface area contributed by atoms with Crippen molar-refractivity contribution in [1.29, 1.82) is 0 Å². The molecular formula is C19H27NO3. The highest BCUT2D eigenvalue weighted by Crippen LogP contribution is 2.48. The molecule has 1 N–H and O–H groups in total. The van der Waals surface area contributed by atoms with Crippen LogP contribution in [0.4, 0.5) is 0 Å². The van der Waals surface area contributed by atoms with E-state index in [2.05, 4.69) is 29.6 Å². The minimum absolute atomic E-state index is 0.101. The van der Waals surface area contributed by atoms with Gasteiger partial charge in [0, 0.05) is 31.2 Å². The Bertz CT molecular complexity index is 523. The van der Waals surface area contributed by atoms with E-state index in [0.717, 1.165) is 51.4 Å². The van der Waals surface area contributed by atoms with Crippen LogP contribution in [0.15, 0.2) is 24.3 Å². The fourth-order valence-electron chi connectivity index (χ4n) is 3.92. The van der Waals surface area contributed by atoms with Crippen molar-refractivity contribution < 1.29 is 14.2 Å². The molecule has 3 aliphatic rings. The van der Waals surface area contributed by atoms with Gasteiger partial charge in [-0.15, -0.1) is 0 Å². The third kappa shape index (κ3) is 3.39. The fraction of sp³-hybridized carbons (Fsp3) is 0.684. The summed E-state index contributed by atoms with van der Waals surface area (Å²) in [7, 11) is 0. The first-order chi connectivity index (χ1) is 11.3. The summed E-state index contributed by atoms with van der Waals surface area (Å²) in [5, 5.41) is 3.74. The molecule has 4 heteroatoms. The molecule has 2 fully saturated rings. The van der Waals surface area contributed by atoms with E-state index in [1.807, 2.05) is 0 Å². The van der Waals surface area contributed by atoms with Crippen LogP contribution in [0.1, 0.15) is 50.1 Å². The van der Waals surface area contributed by atoms with Crippen molar-refractivity contribution >= 4 is 0 Å². The average Bonchev–Trinajstić information content (AvgIpc) is 3.06. The van der Waals surface area contributed by atoms with Crippen LogP contribution in [0.2, 0.25) is 0 Å². The molecule has 23 heavy (non-hydrogen) atoms. The van der Waals surface area contributed by atoms with Gasteiger partial charge in [-0.25, -0.2) is 0 Å². The maximum absolute atomic E-state index is 6.30. The van der Waals surface area contributed by atoms with Gasteiger partial charge in [0.25, 0.3) is 0 Å². The topological polar surface area (TPSA) is 39.7 Å². The number of hydrogen-bond donors (Lipinski definition) is 1. The predicted octanol–water partition coefficient (Wildman–Crippen LogP) is 3.22. The van der Waals surface area contributed by atoms with Crippen LogP contribution in [-0.4, -0.2) is 38.1 Å². The molecule has 1 saturated heterocycles. The number of benzene rings is 1. The molecule has 1 spiro atoms. The monoisotopic (exact) mass is 317 g/mol.